The summed E-state index contributed by atoms with van der Waals surface area (Å²) in [4.78, 5) is 18.6. The zero-order chi connectivity index (χ0) is 20.4. The van der Waals surface area contributed by atoms with Crippen LogP contribution in [0.15, 0.2) is 54.9 Å². The largest absolute Gasteiger partial charge is 0.493 e. The SMILES string of the molecule is COc1ccc(-c2nccn2C2CCN(C)C2=O)cc1OCc1cccc(F)c1. The smallest absolute Gasteiger partial charge is 0.245 e. The van der Waals surface area contributed by atoms with Crippen molar-refractivity contribution in [1.82, 2.24) is 14.5 Å². The number of amides is 1. The molecule has 1 aliphatic rings. The summed E-state index contributed by atoms with van der Waals surface area (Å²) in [6.45, 7) is 0.934. The van der Waals surface area contributed by atoms with Crippen molar-refractivity contribution in [2.75, 3.05) is 20.7 Å². The number of ether oxygens (including phenoxy) is 2. The van der Waals surface area contributed by atoms with Gasteiger partial charge in [-0.15, -0.1) is 0 Å². The lowest BCUT2D eigenvalue weighted by Crippen LogP contribution is -2.24. The van der Waals surface area contributed by atoms with E-state index in [1.165, 1.54) is 12.1 Å². The standard InChI is InChI=1S/C22H22FN3O3/c1-25-10-8-18(22(25)27)26-11-9-24-21(26)16-6-7-19(28-2)20(13-16)29-14-15-4-3-5-17(23)12-15/h3-7,9,11-13,18H,8,10,14H2,1-2H3. The first-order valence-electron chi connectivity index (χ1n) is 9.40. The van der Waals surface area contributed by atoms with Gasteiger partial charge < -0.3 is 18.9 Å². The van der Waals surface area contributed by atoms with E-state index in [0.717, 1.165) is 24.1 Å². The van der Waals surface area contributed by atoms with Crippen LogP contribution in [0.2, 0.25) is 0 Å². The number of carbonyl (C=O) groups excluding carboxylic acids is 1. The topological polar surface area (TPSA) is 56.6 Å². The molecular formula is C22H22FN3O3. The molecule has 1 aliphatic heterocycles. The summed E-state index contributed by atoms with van der Waals surface area (Å²) >= 11 is 0. The lowest BCUT2D eigenvalue weighted by molar-refractivity contribution is -0.129. The summed E-state index contributed by atoms with van der Waals surface area (Å²) in [7, 11) is 3.38. The van der Waals surface area contributed by atoms with Gasteiger partial charge in [0.1, 0.15) is 24.3 Å². The predicted molar refractivity (Wildman–Crippen MR) is 106 cm³/mol. The van der Waals surface area contributed by atoms with E-state index < -0.39 is 0 Å². The number of likely N-dealkylation sites (N-methyl/N-ethyl adjacent to an activating group) is 1. The first-order chi connectivity index (χ1) is 14.1. The first kappa shape index (κ1) is 19.0. The number of rotatable bonds is 6. The van der Waals surface area contributed by atoms with Crippen molar-refractivity contribution < 1.29 is 18.7 Å². The Labute approximate surface area is 168 Å². The molecule has 0 spiro atoms. The fraction of sp³-hybridized carbons (Fsp3) is 0.273. The van der Waals surface area contributed by atoms with E-state index in [1.54, 1.807) is 36.4 Å². The Morgan fingerprint density at radius 1 is 1.21 bits per heavy atom. The number of aromatic nitrogens is 2. The van der Waals surface area contributed by atoms with Crippen LogP contribution in [-0.2, 0) is 11.4 Å². The molecule has 29 heavy (non-hydrogen) atoms. The summed E-state index contributed by atoms with van der Waals surface area (Å²) in [6, 6.07) is 11.5. The molecule has 0 N–H and O–H groups in total. The number of likely N-dealkylation sites (tertiary alicyclic amines) is 1. The average Bonchev–Trinajstić information content (AvgIpc) is 3.33. The number of hydrogen-bond acceptors (Lipinski definition) is 4. The Bertz CT molecular complexity index is 1030. The molecule has 7 heteroatoms. The third kappa shape index (κ3) is 3.81. The molecular weight excluding hydrogens is 373 g/mol. The molecule has 1 fully saturated rings. The second kappa shape index (κ2) is 7.95. The van der Waals surface area contributed by atoms with Crippen molar-refractivity contribution in [2.45, 2.75) is 19.1 Å². The van der Waals surface area contributed by atoms with Crippen LogP contribution in [0.5, 0.6) is 11.5 Å². The number of nitrogens with zero attached hydrogens (tertiary/aromatic N) is 3. The highest BCUT2D eigenvalue weighted by Crippen LogP contribution is 2.34. The minimum Gasteiger partial charge on any atom is -0.493 e. The number of imidazole rings is 1. The Kier molecular flexibility index (Phi) is 5.20. The van der Waals surface area contributed by atoms with E-state index in [1.807, 2.05) is 29.9 Å². The normalized spacial score (nSPS) is 16.3. The molecule has 0 radical (unpaired) electrons. The van der Waals surface area contributed by atoms with Gasteiger partial charge in [0, 0.05) is 31.5 Å². The van der Waals surface area contributed by atoms with Gasteiger partial charge in [0.2, 0.25) is 5.91 Å². The van der Waals surface area contributed by atoms with Crippen molar-refractivity contribution in [3.05, 3.63) is 66.2 Å². The number of methoxy groups -OCH3 is 1. The molecule has 1 amide bonds. The summed E-state index contributed by atoms with van der Waals surface area (Å²) in [6.07, 6.45) is 4.27. The van der Waals surface area contributed by atoms with Gasteiger partial charge in [0.15, 0.2) is 11.5 Å². The summed E-state index contributed by atoms with van der Waals surface area (Å²) in [5, 5.41) is 0. The van der Waals surface area contributed by atoms with Gasteiger partial charge in [-0.2, -0.15) is 0 Å². The fourth-order valence-corrected chi connectivity index (χ4v) is 3.57. The lowest BCUT2D eigenvalue weighted by Gasteiger charge is -2.16. The molecule has 6 nitrogen and oxygen atoms in total. The Morgan fingerprint density at radius 2 is 2.07 bits per heavy atom. The summed E-state index contributed by atoms with van der Waals surface area (Å²) in [5.41, 5.74) is 1.53. The molecule has 0 aliphatic carbocycles. The zero-order valence-electron chi connectivity index (χ0n) is 16.3. The quantitative estimate of drug-likeness (QED) is 0.639. The van der Waals surface area contributed by atoms with Gasteiger partial charge in [-0.25, -0.2) is 9.37 Å². The van der Waals surface area contributed by atoms with E-state index in [-0.39, 0.29) is 24.4 Å². The van der Waals surface area contributed by atoms with Crippen LogP contribution in [0.3, 0.4) is 0 Å². The molecule has 1 unspecified atom stereocenters. The van der Waals surface area contributed by atoms with E-state index in [0.29, 0.717) is 17.3 Å². The van der Waals surface area contributed by atoms with Crippen LogP contribution < -0.4 is 9.47 Å². The summed E-state index contributed by atoms with van der Waals surface area (Å²) in [5.74, 6) is 1.57. The number of hydrogen-bond donors (Lipinski definition) is 0. The minimum absolute atomic E-state index is 0.0836. The van der Waals surface area contributed by atoms with Crippen LogP contribution in [0.1, 0.15) is 18.0 Å². The highest BCUT2D eigenvalue weighted by Gasteiger charge is 2.32. The monoisotopic (exact) mass is 395 g/mol. The number of halogens is 1. The molecule has 1 aromatic heterocycles. The summed E-state index contributed by atoms with van der Waals surface area (Å²) < 4.78 is 26.6. The second-order valence-corrected chi connectivity index (χ2v) is 7.01. The minimum atomic E-state index is -0.306. The Hall–Kier alpha value is -3.35. The number of benzene rings is 2. The molecule has 2 heterocycles. The maximum Gasteiger partial charge on any atom is 0.245 e. The van der Waals surface area contributed by atoms with Crippen LogP contribution in [0, 0.1) is 5.82 Å². The lowest BCUT2D eigenvalue weighted by atomic mass is 10.1. The molecule has 0 saturated carbocycles. The third-order valence-electron chi connectivity index (χ3n) is 5.11. The second-order valence-electron chi connectivity index (χ2n) is 7.01. The molecule has 4 rings (SSSR count). The third-order valence-corrected chi connectivity index (χ3v) is 5.11. The molecule has 2 aromatic carbocycles. The van der Waals surface area contributed by atoms with Crippen LogP contribution in [0.25, 0.3) is 11.4 Å². The number of carbonyl (C=O) groups is 1. The van der Waals surface area contributed by atoms with Crippen LogP contribution in [-0.4, -0.2) is 41.1 Å². The van der Waals surface area contributed by atoms with Crippen molar-refractivity contribution in [3.8, 4) is 22.9 Å². The van der Waals surface area contributed by atoms with E-state index >= 15 is 0 Å². The first-order valence-corrected chi connectivity index (χ1v) is 9.40. The molecule has 1 saturated heterocycles. The van der Waals surface area contributed by atoms with Crippen molar-refractivity contribution >= 4 is 5.91 Å². The van der Waals surface area contributed by atoms with Gasteiger partial charge in [-0.05, 0) is 42.3 Å². The Balaban J connectivity index is 1.62. The predicted octanol–water partition coefficient (Wildman–Crippen LogP) is 3.68. The zero-order valence-corrected chi connectivity index (χ0v) is 16.3. The van der Waals surface area contributed by atoms with Crippen LogP contribution >= 0.6 is 0 Å². The molecule has 150 valence electrons. The van der Waals surface area contributed by atoms with Crippen molar-refractivity contribution in [3.63, 3.8) is 0 Å². The molecule has 3 aromatic rings. The Morgan fingerprint density at radius 3 is 2.79 bits per heavy atom. The van der Waals surface area contributed by atoms with Gasteiger partial charge in [0.05, 0.1) is 7.11 Å². The highest BCUT2D eigenvalue weighted by molar-refractivity contribution is 5.83. The van der Waals surface area contributed by atoms with Gasteiger partial charge in [-0.1, -0.05) is 12.1 Å². The van der Waals surface area contributed by atoms with Crippen molar-refractivity contribution in [1.29, 1.82) is 0 Å². The molecule has 1 atom stereocenters. The average molecular weight is 395 g/mol. The van der Waals surface area contributed by atoms with Gasteiger partial charge in [0.25, 0.3) is 0 Å². The molecule has 0 bridgehead atoms. The van der Waals surface area contributed by atoms with E-state index in [9.17, 15) is 9.18 Å². The van der Waals surface area contributed by atoms with Crippen molar-refractivity contribution in [2.24, 2.45) is 0 Å². The van der Waals surface area contributed by atoms with Gasteiger partial charge in [-0.3, -0.25) is 4.79 Å². The fourth-order valence-electron chi connectivity index (χ4n) is 3.57. The highest BCUT2D eigenvalue weighted by atomic mass is 19.1. The maximum atomic E-state index is 13.4. The maximum absolute atomic E-state index is 13.4. The van der Waals surface area contributed by atoms with E-state index in [2.05, 4.69) is 4.98 Å². The van der Waals surface area contributed by atoms with Crippen LogP contribution in [0.4, 0.5) is 4.39 Å². The van der Waals surface area contributed by atoms with E-state index in [4.69, 9.17) is 9.47 Å². The van der Waals surface area contributed by atoms with Gasteiger partial charge >= 0.3 is 0 Å².